The Labute approximate surface area is 140 Å². The van der Waals surface area contributed by atoms with Crippen molar-refractivity contribution in [3.8, 4) is 0 Å². The molecule has 0 fully saturated rings. The van der Waals surface area contributed by atoms with E-state index < -0.39 is 6.03 Å². The maximum atomic E-state index is 11.8. The molecule has 0 aliphatic rings. The van der Waals surface area contributed by atoms with Crippen LogP contribution >= 0.6 is 11.8 Å². The molecule has 2 aromatic rings. The Balaban J connectivity index is 1.90. The Hall–Kier alpha value is -2.08. The monoisotopic (exact) mass is 331 g/mol. The third-order valence-electron chi connectivity index (χ3n) is 3.17. The zero-order chi connectivity index (χ0) is 16.8. The number of fused-ring (bicyclic) bond motifs is 1. The number of urea groups is 1. The Morgan fingerprint density at radius 1 is 1.26 bits per heavy atom. The number of thioether (sulfide) groups is 1. The average Bonchev–Trinajstić information content (AvgIpc) is 2.51. The number of nitrogens with one attached hydrogen (secondary N) is 2. The van der Waals surface area contributed by atoms with Crippen molar-refractivity contribution in [1.29, 1.82) is 0 Å². The number of rotatable bonds is 5. The SMILES string of the molecule is Cc1cc(SCC(=O)NC(=O)NCC(C)C)nc2ccccc12. The molecule has 0 aliphatic heterocycles. The molecule has 0 bridgehead atoms. The van der Waals surface area contributed by atoms with Crippen molar-refractivity contribution in [2.45, 2.75) is 25.8 Å². The molecule has 0 atom stereocenters. The van der Waals surface area contributed by atoms with Gasteiger partial charge < -0.3 is 5.32 Å². The van der Waals surface area contributed by atoms with E-state index >= 15 is 0 Å². The molecule has 1 heterocycles. The second-order valence-corrected chi connectivity index (χ2v) is 6.73. The van der Waals surface area contributed by atoms with E-state index in [0.717, 1.165) is 21.5 Å². The van der Waals surface area contributed by atoms with Crippen molar-refractivity contribution in [2.75, 3.05) is 12.3 Å². The summed E-state index contributed by atoms with van der Waals surface area (Å²) in [5, 5.41) is 6.85. The van der Waals surface area contributed by atoms with Gasteiger partial charge in [0.15, 0.2) is 0 Å². The van der Waals surface area contributed by atoms with Gasteiger partial charge in [0.05, 0.1) is 16.3 Å². The highest BCUT2D eigenvalue weighted by Crippen LogP contribution is 2.23. The number of benzene rings is 1. The highest BCUT2D eigenvalue weighted by molar-refractivity contribution is 7.99. The molecule has 1 aromatic heterocycles. The lowest BCUT2D eigenvalue weighted by atomic mass is 10.1. The molecular formula is C17H21N3O2S. The van der Waals surface area contributed by atoms with Gasteiger partial charge in [0, 0.05) is 11.9 Å². The number of pyridine rings is 1. The van der Waals surface area contributed by atoms with Crippen molar-refractivity contribution in [3.05, 3.63) is 35.9 Å². The maximum Gasteiger partial charge on any atom is 0.321 e. The number of amides is 3. The van der Waals surface area contributed by atoms with E-state index in [2.05, 4.69) is 15.6 Å². The van der Waals surface area contributed by atoms with E-state index in [9.17, 15) is 9.59 Å². The molecule has 5 nitrogen and oxygen atoms in total. The van der Waals surface area contributed by atoms with Gasteiger partial charge in [-0.15, -0.1) is 0 Å². The first-order chi connectivity index (χ1) is 11.0. The van der Waals surface area contributed by atoms with Gasteiger partial charge in [-0.2, -0.15) is 0 Å². The van der Waals surface area contributed by atoms with Gasteiger partial charge in [0.2, 0.25) is 5.91 Å². The van der Waals surface area contributed by atoms with Crippen LogP contribution in [0, 0.1) is 12.8 Å². The fourth-order valence-corrected chi connectivity index (χ4v) is 2.81. The summed E-state index contributed by atoms with van der Waals surface area (Å²) in [4.78, 5) is 27.9. The number of imide groups is 1. The normalized spacial score (nSPS) is 10.8. The number of nitrogens with zero attached hydrogens (tertiary/aromatic N) is 1. The van der Waals surface area contributed by atoms with Crippen LogP contribution < -0.4 is 10.6 Å². The predicted octanol–water partition coefficient (Wildman–Crippen LogP) is 3.12. The van der Waals surface area contributed by atoms with Crippen molar-refractivity contribution >= 4 is 34.6 Å². The van der Waals surface area contributed by atoms with Crippen molar-refractivity contribution in [1.82, 2.24) is 15.6 Å². The zero-order valence-electron chi connectivity index (χ0n) is 13.6. The predicted molar refractivity (Wildman–Crippen MR) is 93.6 cm³/mol. The summed E-state index contributed by atoms with van der Waals surface area (Å²) in [6.45, 7) is 6.54. The largest absolute Gasteiger partial charge is 0.338 e. The molecule has 122 valence electrons. The first kappa shape index (κ1) is 17.3. The Kier molecular flexibility index (Phi) is 5.98. The minimum absolute atomic E-state index is 0.153. The van der Waals surface area contributed by atoms with Crippen LogP contribution in [-0.4, -0.2) is 29.2 Å². The molecule has 0 saturated heterocycles. The number of carbonyl (C=O) groups excluding carboxylic acids is 2. The van der Waals surface area contributed by atoms with E-state index in [1.165, 1.54) is 11.8 Å². The number of hydrogen-bond acceptors (Lipinski definition) is 4. The zero-order valence-corrected chi connectivity index (χ0v) is 14.4. The molecule has 0 radical (unpaired) electrons. The van der Waals surface area contributed by atoms with E-state index in [-0.39, 0.29) is 11.7 Å². The lowest BCUT2D eigenvalue weighted by Crippen LogP contribution is -2.41. The van der Waals surface area contributed by atoms with Gasteiger partial charge in [-0.25, -0.2) is 9.78 Å². The fourth-order valence-electron chi connectivity index (χ4n) is 2.04. The molecule has 0 saturated carbocycles. The molecule has 0 aliphatic carbocycles. The van der Waals surface area contributed by atoms with Gasteiger partial charge in [-0.1, -0.05) is 43.8 Å². The lowest BCUT2D eigenvalue weighted by Gasteiger charge is -2.09. The van der Waals surface area contributed by atoms with Gasteiger partial charge in [-0.3, -0.25) is 10.1 Å². The van der Waals surface area contributed by atoms with Crippen LogP contribution in [0.4, 0.5) is 4.79 Å². The van der Waals surface area contributed by atoms with Crippen LogP contribution in [0.25, 0.3) is 10.9 Å². The first-order valence-electron chi connectivity index (χ1n) is 7.52. The van der Waals surface area contributed by atoms with E-state index in [1.54, 1.807) is 0 Å². The number of para-hydroxylation sites is 1. The summed E-state index contributed by atoms with van der Waals surface area (Å²) in [6, 6.07) is 9.40. The van der Waals surface area contributed by atoms with Crippen molar-refractivity contribution in [3.63, 3.8) is 0 Å². The molecule has 23 heavy (non-hydrogen) atoms. The van der Waals surface area contributed by atoms with Gasteiger partial charge in [-0.05, 0) is 30.5 Å². The van der Waals surface area contributed by atoms with Crippen molar-refractivity contribution in [2.24, 2.45) is 5.92 Å². The molecule has 0 unspecified atom stereocenters. The van der Waals surface area contributed by atoms with Crippen molar-refractivity contribution < 1.29 is 9.59 Å². The number of hydrogen-bond donors (Lipinski definition) is 2. The van der Waals surface area contributed by atoms with Crippen LogP contribution in [-0.2, 0) is 4.79 Å². The minimum atomic E-state index is -0.452. The van der Waals surface area contributed by atoms with Gasteiger partial charge >= 0.3 is 6.03 Å². The van der Waals surface area contributed by atoms with Gasteiger partial charge in [0.1, 0.15) is 0 Å². The quantitative estimate of drug-likeness (QED) is 0.826. The Morgan fingerprint density at radius 2 is 2.00 bits per heavy atom. The van der Waals surface area contributed by atoms with E-state index in [0.29, 0.717) is 12.5 Å². The summed E-state index contributed by atoms with van der Waals surface area (Å²) in [5.41, 5.74) is 2.03. The first-order valence-corrected chi connectivity index (χ1v) is 8.51. The van der Waals surface area contributed by atoms with E-state index in [1.807, 2.05) is 51.1 Å². The van der Waals surface area contributed by atoms with Crippen LogP contribution in [0.2, 0.25) is 0 Å². The number of aromatic nitrogens is 1. The fraction of sp³-hybridized carbons (Fsp3) is 0.353. The van der Waals surface area contributed by atoms with Crippen LogP contribution in [0.15, 0.2) is 35.4 Å². The molecule has 1 aromatic carbocycles. The third-order valence-corrected chi connectivity index (χ3v) is 4.09. The average molecular weight is 331 g/mol. The second kappa shape index (κ2) is 7.97. The van der Waals surface area contributed by atoms with E-state index in [4.69, 9.17) is 0 Å². The molecule has 2 N–H and O–H groups in total. The third kappa shape index (κ3) is 5.25. The number of aryl methyl sites for hydroxylation is 1. The topological polar surface area (TPSA) is 71.1 Å². The lowest BCUT2D eigenvalue weighted by molar-refractivity contribution is -0.117. The highest BCUT2D eigenvalue weighted by atomic mass is 32.2. The summed E-state index contributed by atoms with van der Waals surface area (Å²) in [6.07, 6.45) is 0. The highest BCUT2D eigenvalue weighted by Gasteiger charge is 2.10. The minimum Gasteiger partial charge on any atom is -0.338 e. The summed E-state index contributed by atoms with van der Waals surface area (Å²) < 4.78 is 0. The second-order valence-electron chi connectivity index (χ2n) is 5.74. The molecule has 3 amide bonds. The van der Waals surface area contributed by atoms with Gasteiger partial charge in [0.25, 0.3) is 0 Å². The molecule has 0 spiro atoms. The number of carbonyl (C=O) groups is 2. The Morgan fingerprint density at radius 3 is 2.74 bits per heavy atom. The summed E-state index contributed by atoms with van der Waals surface area (Å²) in [5.74, 6) is 0.165. The van der Waals surface area contributed by atoms with Crippen LogP contribution in [0.1, 0.15) is 19.4 Å². The van der Waals surface area contributed by atoms with Crippen LogP contribution in [0.5, 0.6) is 0 Å². The smallest absolute Gasteiger partial charge is 0.321 e. The maximum absolute atomic E-state index is 11.8. The molecule has 2 rings (SSSR count). The molecule has 6 heteroatoms. The standard InChI is InChI=1S/C17H21N3O2S/c1-11(2)9-18-17(22)20-15(21)10-23-16-8-12(3)13-6-4-5-7-14(13)19-16/h4-8,11H,9-10H2,1-3H3,(H2,18,20,21,22). The summed E-state index contributed by atoms with van der Waals surface area (Å²) in [7, 11) is 0. The molecular weight excluding hydrogens is 310 g/mol. The Bertz CT molecular complexity index is 716. The van der Waals surface area contributed by atoms with Crippen LogP contribution in [0.3, 0.4) is 0 Å². The summed E-state index contributed by atoms with van der Waals surface area (Å²) >= 11 is 1.32.